The molecule has 0 aromatic heterocycles. The van der Waals surface area contributed by atoms with Crippen LogP contribution < -0.4 is 5.73 Å². The van der Waals surface area contributed by atoms with E-state index < -0.39 is 0 Å². The van der Waals surface area contributed by atoms with Crippen LogP contribution >= 0.6 is 11.6 Å². The Balaban J connectivity index is 2.06. The molecule has 1 fully saturated rings. The maximum Gasteiger partial charge on any atom is 0.0471 e. The van der Waals surface area contributed by atoms with E-state index in [4.69, 9.17) is 17.3 Å². The second-order valence-corrected chi connectivity index (χ2v) is 5.68. The van der Waals surface area contributed by atoms with E-state index >= 15 is 0 Å². The van der Waals surface area contributed by atoms with Gasteiger partial charge in [0, 0.05) is 24.2 Å². The summed E-state index contributed by atoms with van der Waals surface area (Å²) >= 11 is 6.07. The lowest BCUT2D eigenvalue weighted by Crippen LogP contribution is -2.32. The summed E-state index contributed by atoms with van der Waals surface area (Å²) in [6.45, 7) is 5.28. The maximum atomic E-state index is 6.07. The highest BCUT2D eigenvalue weighted by Crippen LogP contribution is 2.30. The minimum Gasteiger partial charge on any atom is -0.329 e. The molecule has 0 bridgehead atoms. The molecule has 1 saturated heterocycles. The zero-order valence-electron chi connectivity index (χ0n) is 11.1. The Morgan fingerprint density at radius 2 is 2.33 bits per heavy atom. The zero-order chi connectivity index (χ0) is 13.0. The van der Waals surface area contributed by atoms with Gasteiger partial charge in [0.05, 0.1) is 0 Å². The van der Waals surface area contributed by atoms with Crippen molar-refractivity contribution in [3.8, 4) is 0 Å². The third-order valence-electron chi connectivity index (χ3n) is 3.91. The second kappa shape index (κ2) is 6.55. The van der Waals surface area contributed by atoms with E-state index in [1.165, 1.54) is 37.9 Å². The lowest BCUT2D eigenvalue weighted by molar-refractivity contribution is 0.240. The van der Waals surface area contributed by atoms with Crippen LogP contribution in [-0.4, -0.2) is 24.5 Å². The van der Waals surface area contributed by atoms with Crippen LogP contribution in [0, 0.1) is 5.92 Å². The summed E-state index contributed by atoms with van der Waals surface area (Å²) in [5, 5.41) is 0.801. The van der Waals surface area contributed by atoms with Crippen molar-refractivity contribution in [2.75, 3.05) is 19.6 Å². The number of halogens is 1. The smallest absolute Gasteiger partial charge is 0.0471 e. The first kappa shape index (κ1) is 13.9. The Labute approximate surface area is 115 Å². The average molecular weight is 267 g/mol. The molecule has 1 aliphatic heterocycles. The molecule has 18 heavy (non-hydrogen) atoms. The topological polar surface area (TPSA) is 29.3 Å². The van der Waals surface area contributed by atoms with E-state index in [-0.39, 0.29) is 0 Å². The van der Waals surface area contributed by atoms with Gasteiger partial charge >= 0.3 is 0 Å². The summed E-state index contributed by atoms with van der Waals surface area (Å²) in [7, 11) is 0. The Hall–Kier alpha value is -0.570. The van der Waals surface area contributed by atoms with Crippen LogP contribution in [0.5, 0.6) is 0 Å². The number of hydrogen-bond acceptors (Lipinski definition) is 2. The number of hydrogen-bond donors (Lipinski definition) is 1. The predicted octanol–water partition coefficient (Wildman–Crippen LogP) is 3.46. The molecular weight excluding hydrogens is 244 g/mol. The van der Waals surface area contributed by atoms with E-state index in [2.05, 4.69) is 17.9 Å². The van der Waals surface area contributed by atoms with Crippen LogP contribution in [0.4, 0.5) is 0 Å². The number of likely N-dealkylation sites (tertiary alicyclic amines) is 1. The standard InChI is InChI=1S/C15H23ClN2/c1-2-4-12-7-8-18(11-12)15(10-17)13-5-3-6-14(16)9-13/h3,5-6,9,12,15H,2,4,7-8,10-11,17H2,1H3. The fourth-order valence-corrected chi connectivity index (χ4v) is 3.20. The molecule has 2 rings (SSSR count). The number of rotatable bonds is 5. The van der Waals surface area contributed by atoms with Crippen LogP contribution in [0.1, 0.15) is 37.8 Å². The molecule has 0 saturated carbocycles. The van der Waals surface area contributed by atoms with Gasteiger partial charge in [-0.3, -0.25) is 4.90 Å². The summed E-state index contributed by atoms with van der Waals surface area (Å²) < 4.78 is 0. The van der Waals surface area contributed by atoms with Gasteiger partial charge in [-0.15, -0.1) is 0 Å². The molecule has 1 heterocycles. The minimum absolute atomic E-state index is 0.325. The van der Waals surface area contributed by atoms with Crippen molar-refractivity contribution in [1.29, 1.82) is 0 Å². The van der Waals surface area contributed by atoms with Gasteiger partial charge in [-0.2, -0.15) is 0 Å². The Bertz CT molecular complexity index is 381. The van der Waals surface area contributed by atoms with Crippen molar-refractivity contribution in [2.24, 2.45) is 11.7 Å². The molecule has 1 aromatic carbocycles. The molecule has 2 N–H and O–H groups in total. The van der Waals surface area contributed by atoms with E-state index in [0.717, 1.165) is 10.9 Å². The number of benzene rings is 1. The van der Waals surface area contributed by atoms with Crippen molar-refractivity contribution in [3.05, 3.63) is 34.9 Å². The molecule has 2 atom stereocenters. The lowest BCUT2D eigenvalue weighted by atomic mass is 10.0. The quantitative estimate of drug-likeness (QED) is 0.884. The highest BCUT2D eigenvalue weighted by molar-refractivity contribution is 6.30. The van der Waals surface area contributed by atoms with Gasteiger partial charge in [0.15, 0.2) is 0 Å². The van der Waals surface area contributed by atoms with Crippen LogP contribution in [0.2, 0.25) is 5.02 Å². The summed E-state index contributed by atoms with van der Waals surface area (Å²) in [5.74, 6) is 0.850. The zero-order valence-corrected chi connectivity index (χ0v) is 11.9. The van der Waals surface area contributed by atoms with Crippen molar-refractivity contribution in [3.63, 3.8) is 0 Å². The van der Waals surface area contributed by atoms with Crippen LogP contribution in [0.15, 0.2) is 24.3 Å². The predicted molar refractivity (Wildman–Crippen MR) is 77.8 cm³/mol. The summed E-state index contributed by atoms with van der Waals surface area (Å²) in [4.78, 5) is 2.52. The molecule has 2 nitrogen and oxygen atoms in total. The van der Waals surface area contributed by atoms with Crippen LogP contribution in [-0.2, 0) is 0 Å². The van der Waals surface area contributed by atoms with Crippen molar-refractivity contribution < 1.29 is 0 Å². The molecule has 0 aliphatic carbocycles. The van der Waals surface area contributed by atoms with Crippen molar-refractivity contribution in [1.82, 2.24) is 4.90 Å². The second-order valence-electron chi connectivity index (χ2n) is 5.24. The molecule has 2 unspecified atom stereocenters. The molecule has 3 heteroatoms. The van der Waals surface area contributed by atoms with Gasteiger partial charge in [-0.25, -0.2) is 0 Å². The largest absolute Gasteiger partial charge is 0.329 e. The van der Waals surface area contributed by atoms with Gasteiger partial charge < -0.3 is 5.73 Å². The molecule has 0 amide bonds. The van der Waals surface area contributed by atoms with Gasteiger partial charge in [-0.05, 0) is 43.0 Å². The average Bonchev–Trinajstić information content (AvgIpc) is 2.79. The Kier molecular flexibility index (Phi) is 5.04. The molecule has 0 radical (unpaired) electrons. The maximum absolute atomic E-state index is 6.07. The van der Waals surface area contributed by atoms with Crippen molar-refractivity contribution in [2.45, 2.75) is 32.2 Å². The van der Waals surface area contributed by atoms with Gasteiger partial charge in [0.2, 0.25) is 0 Å². The summed E-state index contributed by atoms with van der Waals surface area (Å²) in [5.41, 5.74) is 7.22. The van der Waals surface area contributed by atoms with Crippen molar-refractivity contribution >= 4 is 11.6 Å². The van der Waals surface area contributed by atoms with E-state index in [1.54, 1.807) is 0 Å². The fraction of sp³-hybridized carbons (Fsp3) is 0.600. The van der Waals surface area contributed by atoms with Gasteiger partial charge in [0.25, 0.3) is 0 Å². The monoisotopic (exact) mass is 266 g/mol. The SMILES string of the molecule is CCCC1CCN(C(CN)c2cccc(Cl)c2)C1. The Morgan fingerprint density at radius 1 is 1.50 bits per heavy atom. The first-order valence-corrected chi connectivity index (χ1v) is 7.32. The molecule has 0 spiro atoms. The third kappa shape index (κ3) is 3.25. The number of nitrogens with two attached hydrogens (primary N) is 1. The molecule has 100 valence electrons. The first-order chi connectivity index (χ1) is 8.74. The van der Waals surface area contributed by atoms with E-state index in [1.807, 2.05) is 18.2 Å². The number of nitrogens with zero attached hydrogens (tertiary/aromatic N) is 1. The third-order valence-corrected chi connectivity index (χ3v) is 4.15. The minimum atomic E-state index is 0.325. The molecular formula is C15H23ClN2. The Morgan fingerprint density at radius 3 is 3.00 bits per heavy atom. The van der Waals surface area contributed by atoms with E-state index in [9.17, 15) is 0 Å². The van der Waals surface area contributed by atoms with Gasteiger partial charge in [-0.1, -0.05) is 37.1 Å². The molecule has 1 aliphatic rings. The lowest BCUT2D eigenvalue weighted by Gasteiger charge is -2.27. The summed E-state index contributed by atoms with van der Waals surface area (Å²) in [6.07, 6.45) is 3.93. The highest BCUT2D eigenvalue weighted by Gasteiger charge is 2.27. The normalized spacial score (nSPS) is 22.3. The molecule has 1 aromatic rings. The van der Waals surface area contributed by atoms with E-state index in [0.29, 0.717) is 12.6 Å². The fourth-order valence-electron chi connectivity index (χ4n) is 3.00. The highest BCUT2D eigenvalue weighted by atomic mass is 35.5. The van der Waals surface area contributed by atoms with Gasteiger partial charge in [0.1, 0.15) is 0 Å². The summed E-state index contributed by atoms with van der Waals surface area (Å²) in [6, 6.07) is 8.44. The van der Waals surface area contributed by atoms with Crippen LogP contribution in [0.3, 0.4) is 0 Å². The first-order valence-electron chi connectivity index (χ1n) is 6.94. The van der Waals surface area contributed by atoms with Crippen LogP contribution in [0.25, 0.3) is 0 Å².